The van der Waals surface area contributed by atoms with Crippen LogP contribution in [0.25, 0.3) is 0 Å². The van der Waals surface area contributed by atoms with Gasteiger partial charge in [-0.25, -0.2) is 9.97 Å². The Bertz CT molecular complexity index is 609. The summed E-state index contributed by atoms with van der Waals surface area (Å²) < 4.78 is 6.05. The first-order valence-electron chi connectivity index (χ1n) is 9.66. The Morgan fingerprint density at radius 2 is 2.00 bits per heavy atom. The first kappa shape index (κ1) is 20.5. The number of morpholine rings is 1. The molecule has 9 heteroatoms. The van der Waals surface area contributed by atoms with E-state index in [-0.39, 0.29) is 30.1 Å². The van der Waals surface area contributed by atoms with E-state index < -0.39 is 0 Å². The maximum absolute atomic E-state index is 6.05. The molecular weight excluding hydrogens is 457 g/mol. The first-order valence-corrected chi connectivity index (χ1v) is 9.66. The zero-order chi connectivity index (χ0) is 17.8. The Morgan fingerprint density at radius 3 is 2.74 bits per heavy atom. The molecule has 3 saturated heterocycles. The highest BCUT2D eigenvalue weighted by Gasteiger charge is 2.32. The first-order chi connectivity index (χ1) is 12.8. The lowest BCUT2D eigenvalue weighted by Gasteiger charge is -2.38. The van der Waals surface area contributed by atoms with E-state index in [4.69, 9.17) is 4.74 Å². The average Bonchev–Trinajstić information content (AvgIpc) is 3.17. The number of nitrogens with zero attached hydrogens (tertiary/aromatic N) is 6. The second kappa shape index (κ2) is 9.83. The second-order valence-electron chi connectivity index (χ2n) is 7.20. The van der Waals surface area contributed by atoms with Gasteiger partial charge in [0.2, 0.25) is 5.95 Å². The fourth-order valence-corrected chi connectivity index (χ4v) is 4.12. The van der Waals surface area contributed by atoms with E-state index in [2.05, 4.69) is 35.0 Å². The van der Waals surface area contributed by atoms with E-state index in [1.54, 1.807) is 12.4 Å². The van der Waals surface area contributed by atoms with Crippen LogP contribution in [0.2, 0.25) is 0 Å². The number of ether oxygens (including phenoxy) is 1. The molecule has 0 spiro atoms. The van der Waals surface area contributed by atoms with Crippen LogP contribution in [0.1, 0.15) is 12.8 Å². The molecule has 3 fully saturated rings. The molecule has 150 valence electrons. The van der Waals surface area contributed by atoms with Crippen LogP contribution >= 0.6 is 24.0 Å². The SMILES string of the molecule is CN=C(NCC1CN2CCCC2CO1)N1CCN(c2ncccn2)CC1.I. The number of hydrogen-bond donors (Lipinski definition) is 1. The lowest BCUT2D eigenvalue weighted by atomic mass is 10.2. The number of aliphatic imine (C=N–C) groups is 1. The molecule has 0 bridgehead atoms. The number of anilines is 1. The van der Waals surface area contributed by atoms with Crippen LogP contribution in [0.4, 0.5) is 5.95 Å². The molecule has 4 heterocycles. The van der Waals surface area contributed by atoms with E-state index >= 15 is 0 Å². The summed E-state index contributed by atoms with van der Waals surface area (Å²) in [6.45, 7) is 7.59. The van der Waals surface area contributed by atoms with Crippen molar-refractivity contribution in [3.63, 3.8) is 0 Å². The standard InChI is InChI=1S/C18H29N7O.HI/c1-19-17(22-12-16-13-25-7-2-4-15(25)14-26-16)23-8-10-24(11-9-23)18-20-5-3-6-21-18;/h3,5-6,15-16H,2,4,7-14H2,1H3,(H,19,22);1H. The maximum atomic E-state index is 6.05. The molecule has 1 N–H and O–H groups in total. The van der Waals surface area contributed by atoms with Gasteiger partial charge in [0.1, 0.15) is 0 Å². The van der Waals surface area contributed by atoms with E-state index in [9.17, 15) is 0 Å². The van der Waals surface area contributed by atoms with Gasteiger partial charge in [-0.3, -0.25) is 9.89 Å². The van der Waals surface area contributed by atoms with Crippen molar-refractivity contribution < 1.29 is 4.74 Å². The van der Waals surface area contributed by atoms with Gasteiger partial charge in [-0.2, -0.15) is 0 Å². The predicted molar refractivity (Wildman–Crippen MR) is 117 cm³/mol. The number of piperazine rings is 1. The zero-order valence-corrected chi connectivity index (χ0v) is 18.3. The second-order valence-corrected chi connectivity index (χ2v) is 7.20. The van der Waals surface area contributed by atoms with Gasteiger partial charge >= 0.3 is 0 Å². The summed E-state index contributed by atoms with van der Waals surface area (Å²) in [6.07, 6.45) is 6.44. The normalized spacial score (nSPS) is 26.5. The third-order valence-electron chi connectivity index (χ3n) is 5.58. The Balaban J connectivity index is 0.00000210. The molecule has 3 aliphatic rings. The molecule has 1 aromatic rings. The number of nitrogens with one attached hydrogen (secondary N) is 1. The van der Waals surface area contributed by atoms with Gasteiger partial charge in [0.15, 0.2) is 5.96 Å². The van der Waals surface area contributed by atoms with Gasteiger partial charge in [0.05, 0.1) is 12.7 Å². The molecule has 0 amide bonds. The predicted octanol–water partition coefficient (Wildman–Crippen LogP) is 0.655. The van der Waals surface area contributed by atoms with Crippen molar-refractivity contribution in [2.75, 3.05) is 64.4 Å². The molecule has 0 radical (unpaired) electrons. The third kappa shape index (κ3) is 5.00. The fourth-order valence-electron chi connectivity index (χ4n) is 4.12. The lowest BCUT2D eigenvalue weighted by molar-refractivity contribution is -0.0454. The Kier molecular flexibility index (Phi) is 7.48. The van der Waals surface area contributed by atoms with E-state index in [1.807, 2.05) is 13.1 Å². The molecule has 2 unspecified atom stereocenters. The molecule has 1 aromatic heterocycles. The Hall–Kier alpha value is -1.20. The highest BCUT2D eigenvalue weighted by Crippen LogP contribution is 2.22. The number of halogens is 1. The van der Waals surface area contributed by atoms with Gasteiger partial charge < -0.3 is 19.9 Å². The van der Waals surface area contributed by atoms with Gasteiger partial charge in [-0.05, 0) is 25.5 Å². The average molecular weight is 487 g/mol. The highest BCUT2D eigenvalue weighted by atomic mass is 127. The summed E-state index contributed by atoms with van der Waals surface area (Å²) in [6, 6.07) is 2.50. The molecule has 0 aliphatic carbocycles. The Morgan fingerprint density at radius 1 is 1.22 bits per heavy atom. The minimum Gasteiger partial charge on any atom is -0.373 e. The molecule has 27 heavy (non-hydrogen) atoms. The monoisotopic (exact) mass is 487 g/mol. The van der Waals surface area contributed by atoms with Crippen LogP contribution in [0.5, 0.6) is 0 Å². The number of fused-ring (bicyclic) bond motifs is 1. The molecule has 4 rings (SSSR count). The third-order valence-corrected chi connectivity index (χ3v) is 5.58. The summed E-state index contributed by atoms with van der Waals surface area (Å²) in [5.74, 6) is 1.77. The van der Waals surface area contributed by atoms with Crippen molar-refractivity contribution in [3.05, 3.63) is 18.5 Å². The number of guanidine groups is 1. The van der Waals surface area contributed by atoms with Crippen LogP contribution in [-0.2, 0) is 4.74 Å². The molecule has 0 aromatic carbocycles. The van der Waals surface area contributed by atoms with Crippen LogP contribution < -0.4 is 10.2 Å². The summed E-state index contributed by atoms with van der Waals surface area (Å²) in [5, 5.41) is 3.52. The van der Waals surface area contributed by atoms with Crippen LogP contribution in [0, 0.1) is 0 Å². The van der Waals surface area contributed by atoms with Gasteiger partial charge in [-0.1, -0.05) is 0 Å². The lowest BCUT2D eigenvalue weighted by Crippen LogP contribution is -2.55. The van der Waals surface area contributed by atoms with Gasteiger partial charge in [-0.15, -0.1) is 24.0 Å². The topological polar surface area (TPSA) is 69.1 Å². The van der Waals surface area contributed by atoms with Crippen molar-refractivity contribution in [2.24, 2.45) is 4.99 Å². The van der Waals surface area contributed by atoms with Crippen molar-refractivity contribution in [3.8, 4) is 0 Å². The van der Waals surface area contributed by atoms with Crippen molar-refractivity contribution >= 4 is 35.9 Å². The molecule has 8 nitrogen and oxygen atoms in total. The summed E-state index contributed by atoms with van der Waals surface area (Å²) in [5.41, 5.74) is 0. The minimum absolute atomic E-state index is 0. The molecule has 3 aliphatic heterocycles. The van der Waals surface area contributed by atoms with E-state index in [0.717, 1.165) is 57.8 Å². The largest absolute Gasteiger partial charge is 0.373 e. The number of hydrogen-bond acceptors (Lipinski definition) is 6. The van der Waals surface area contributed by atoms with Crippen molar-refractivity contribution in [2.45, 2.75) is 25.0 Å². The maximum Gasteiger partial charge on any atom is 0.225 e. The fraction of sp³-hybridized carbons (Fsp3) is 0.722. The quantitative estimate of drug-likeness (QED) is 0.382. The molecule has 0 saturated carbocycles. The summed E-state index contributed by atoms with van der Waals surface area (Å²) in [7, 11) is 1.85. The number of rotatable bonds is 3. The number of aromatic nitrogens is 2. The smallest absolute Gasteiger partial charge is 0.225 e. The summed E-state index contributed by atoms with van der Waals surface area (Å²) in [4.78, 5) is 20.3. The van der Waals surface area contributed by atoms with Crippen molar-refractivity contribution in [1.82, 2.24) is 25.1 Å². The minimum atomic E-state index is 0. The van der Waals surface area contributed by atoms with E-state index in [0.29, 0.717) is 6.04 Å². The van der Waals surface area contributed by atoms with Crippen LogP contribution in [0.15, 0.2) is 23.5 Å². The van der Waals surface area contributed by atoms with Crippen LogP contribution in [0.3, 0.4) is 0 Å². The van der Waals surface area contributed by atoms with Gasteiger partial charge in [0.25, 0.3) is 0 Å². The highest BCUT2D eigenvalue weighted by molar-refractivity contribution is 14.0. The molecular formula is C18H30IN7O. The Labute approximate surface area is 178 Å². The summed E-state index contributed by atoms with van der Waals surface area (Å²) >= 11 is 0. The van der Waals surface area contributed by atoms with E-state index in [1.165, 1.54) is 19.4 Å². The molecule has 2 atom stereocenters. The van der Waals surface area contributed by atoms with Gasteiger partial charge in [0, 0.05) is 64.8 Å². The van der Waals surface area contributed by atoms with Crippen LogP contribution in [-0.4, -0.2) is 97.3 Å². The zero-order valence-electron chi connectivity index (χ0n) is 16.0. The van der Waals surface area contributed by atoms with Crippen molar-refractivity contribution in [1.29, 1.82) is 0 Å².